The van der Waals surface area contributed by atoms with E-state index in [1.807, 2.05) is 0 Å². The van der Waals surface area contributed by atoms with Crippen LogP contribution in [0, 0.1) is 5.92 Å². The number of aromatic nitrogens is 1. The van der Waals surface area contributed by atoms with Gasteiger partial charge in [0, 0.05) is 0 Å². The van der Waals surface area contributed by atoms with Crippen molar-refractivity contribution in [3.8, 4) is 0 Å². The normalized spacial score (nSPS) is 34.2. The van der Waals surface area contributed by atoms with Crippen LogP contribution in [0.25, 0.3) is 0 Å². The van der Waals surface area contributed by atoms with Crippen LogP contribution in [0.15, 0.2) is 10.6 Å². The van der Waals surface area contributed by atoms with E-state index in [2.05, 4.69) is 4.98 Å². The first-order chi connectivity index (χ1) is 7.02. The highest BCUT2D eigenvalue weighted by Gasteiger charge is 2.61. The number of nitrogens with zero attached hydrogens (tertiary/aromatic N) is 1. The molecule has 2 aliphatic rings. The molecule has 82 valence electrons. The molecule has 0 spiro atoms. The van der Waals surface area contributed by atoms with Crippen LogP contribution in [0.1, 0.15) is 37.3 Å². The van der Waals surface area contributed by atoms with E-state index >= 15 is 0 Å². The lowest BCUT2D eigenvalue weighted by molar-refractivity contribution is -0.153. The Morgan fingerprint density at radius 3 is 2.73 bits per heavy atom. The van der Waals surface area contributed by atoms with Crippen LogP contribution in [0.4, 0.5) is 13.2 Å². The molecule has 15 heavy (non-hydrogen) atoms. The Balaban J connectivity index is 1.92. The van der Waals surface area contributed by atoms with Gasteiger partial charge in [0.05, 0.1) is 11.6 Å². The summed E-state index contributed by atoms with van der Waals surface area (Å²) in [7, 11) is 0. The number of hydrogen-bond donors (Lipinski definition) is 0. The quantitative estimate of drug-likeness (QED) is 0.722. The molecule has 2 fully saturated rings. The average molecular weight is 217 g/mol. The maximum atomic E-state index is 12.3. The van der Waals surface area contributed by atoms with E-state index in [1.54, 1.807) is 0 Å². The molecule has 0 saturated heterocycles. The third-order valence-corrected chi connectivity index (χ3v) is 3.62. The summed E-state index contributed by atoms with van der Waals surface area (Å²) in [5, 5.41) is 0. The molecular weight excluding hydrogens is 207 g/mol. The smallest absolute Gasteiger partial charge is 0.436 e. The molecule has 2 atom stereocenters. The van der Waals surface area contributed by atoms with Crippen LogP contribution in [0.3, 0.4) is 0 Å². The second-order valence-electron chi connectivity index (χ2n) is 4.48. The second kappa shape index (κ2) is 2.57. The van der Waals surface area contributed by atoms with Gasteiger partial charge in [0.15, 0.2) is 0 Å². The van der Waals surface area contributed by atoms with E-state index in [-0.39, 0.29) is 5.41 Å². The van der Waals surface area contributed by atoms with E-state index in [4.69, 9.17) is 4.42 Å². The van der Waals surface area contributed by atoms with Gasteiger partial charge in [-0.15, -0.1) is 0 Å². The molecule has 0 amide bonds. The van der Waals surface area contributed by atoms with E-state index < -0.39 is 11.9 Å². The van der Waals surface area contributed by atoms with Gasteiger partial charge in [-0.3, -0.25) is 0 Å². The summed E-state index contributed by atoms with van der Waals surface area (Å²) < 4.78 is 41.7. The lowest BCUT2D eigenvalue weighted by Crippen LogP contribution is -2.06. The summed E-state index contributed by atoms with van der Waals surface area (Å²) in [6, 6.07) is 0. The highest BCUT2D eigenvalue weighted by molar-refractivity contribution is 5.24. The topological polar surface area (TPSA) is 26.0 Å². The zero-order valence-corrected chi connectivity index (χ0v) is 7.97. The molecule has 1 aromatic heterocycles. The summed E-state index contributed by atoms with van der Waals surface area (Å²) in [5.74, 6) is -0.154. The third kappa shape index (κ3) is 1.21. The van der Waals surface area contributed by atoms with Gasteiger partial charge in [-0.05, 0) is 25.2 Å². The van der Waals surface area contributed by atoms with Gasteiger partial charge in [0.1, 0.15) is 0 Å². The number of oxazole rings is 1. The minimum Gasteiger partial charge on any atom is -0.436 e. The predicted molar refractivity (Wildman–Crippen MR) is 45.1 cm³/mol. The number of fused-ring (bicyclic) bond motifs is 1. The number of alkyl halides is 3. The first kappa shape index (κ1) is 9.24. The monoisotopic (exact) mass is 217 g/mol. The lowest BCUT2D eigenvalue weighted by atomic mass is 10.0. The van der Waals surface area contributed by atoms with Crippen molar-refractivity contribution in [3.63, 3.8) is 0 Å². The van der Waals surface area contributed by atoms with E-state index in [9.17, 15) is 13.2 Å². The van der Waals surface area contributed by atoms with E-state index in [1.165, 1.54) is 0 Å². The fourth-order valence-electron chi connectivity index (χ4n) is 2.73. The van der Waals surface area contributed by atoms with Crippen molar-refractivity contribution in [1.29, 1.82) is 0 Å². The van der Waals surface area contributed by atoms with Crippen molar-refractivity contribution in [2.75, 3.05) is 0 Å². The van der Waals surface area contributed by atoms with Crippen LogP contribution >= 0.6 is 0 Å². The van der Waals surface area contributed by atoms with Crippen molar-refractivity contribution in [1.82, 2.24) is 4.98 Å². The van der Waals surface area contributed by atoms with E-state index in [0.717, 1.165) is 31.9 Å². The fourth-order valence-corrected chi connectivity index (χ4v) is 2.73. The Labute approximate surface area is 84.5 Å². The average Bonchev–Trinajstić information content (AvgIpc) is 2.63. The molecule has 2 aliphatic carbocycles. The van der Waals surface area contributed by atoms with Gasteiger partial charge in [0.2, 0.25) is 11.7 Å². The third-order valence-electron chi connectivity index (χ3n) is 3.62. The summed E-state index contributed by atoms with van der Waals surface area (Å²) in [6.45, 7) is 0. The zero-order valence-electron chi connectivity index (χ0n) is 7.97. The predicted octanol–water partition coefficient (Wildman–Crippen LogP) is 3.14. The second-order valence-corrected chi connectivity index (χ2v) is 4.48. The first-order valence-electron chi connectivity index (χ1n) is 5.06. The van der Waals surface area contributed by atoms with Crippen LogP contribution in [-0.2, 0) is 11.6 Å². The molecule has 0 aliphatic heterocycles. The van der Waals surface area contributed by atoms with E-state index in [0.29, 0.717) is 11.8 Å². The molecule has 3 rings (SSSR count). The van der Waals surface area contributed by atoms with Crippen LogP contribution in [0.2, 0.25) is 0 Å². The van der Waals surface area contributed by atoms with Gasteiger partial charge in [0.25, 0.3) is 0 Å². The standard InChI is InChI=1S/C10H10F3NO/c11-10(12,13)7-5-14-8(15-7)9-3-1-2-6(9)4-9/h5-6H,1-4H2. The van der Waals surface area contributed by atoms with Crippen LogP contribution < -0.4 is 0 Å². The highest BCUT2D eigenvalue weighted by Crippen LogP contribution is 2.64. The number of rotatable bonds is 1. The van der Waals surface area contributed by atoms with Crippen molar-refractivity contribution < 1.29 is 17.6 Å². The van der Waals surface area contributed by atoms with Gasteiger partial charge < -0.3 is 4.42 Å². The molecule has 2 saturated carbocycles. The summed E-state index contributed by atoms with van der Waals surface area (Å²) in [5.41, 5.74) is -0.135. The Kier molecular flexibility index (Phi) is 1.58. The Bertz CT molecular complexity index is 398. The first-order valence-corrected chi connectivity index (χ1v) is 5.06. The minimum atomic E-state index is -4.41. The van der Waals surface area contributed by atoms with Gasteiger partial charge in [-0.1, -0.05) is 6.42 Å². The Morgan fingerprint density at radius 1 is 1.47 bits per heavy atom. The maximum absolute atomic E-state index is 12.3. The van der Waals surface area contributed by atoms with Gasteiger partial charge in [-0.2, -0.15) is 13.2 Å². The molecule has 0 N–H and O–H groups in total. The lowest BCUT2D eigenvalue weighted by Gasteiger charge is -2.06. The van der Waals surface area contributed by atoms with Crippen molar-refractivity contribution >= 4 is 0 Å². The van der Waals surface area contributed by atoms with Crippen molar-refractivity contribution in [3.05, 3.63) is 17.8 Å². The van der Waals surface area contributed by atoms with Crippen molar-refractivity contribution in [2.24, 2.45) is 5.92 Å². The van der Waals surface area contributed by atoms with Gasteiger partial charge >= 0.3 is 6.18 Å². The Morgan fingerprint density at radius 2 is 2.27 bits per heavy atom. The Hall–Kier alpha value is -1.00. The highest BCUT2D eigenvalue weighted by atomic mass is 19.4. The minimum absolute atomic E-state index is 0.135. The maximum Gasteiger partial charge on any atom is 0.451 e. The van der Waals surface area contributed by atoms with Crippen molar-refractivity contribution in [2.45, 2.75) is 37.3 Å². The molecule has 0 aromatic carbocycles. The molecule has 0 bridgehead atoms. The summed E-state index contributed by atoms with van der Waals surface area (Å²) in [6.07, 6.45) is 0.446. The molecule has 2 unspecified atom stereocenters. The summed E-state index contributed by atoms with van der Waals surface area (Å²) >= 11 is 0. The number of hydrogen-bond acceptors (Lipinski definition) is 2. The van der Waals surface area contributed by atoms with Crippen LogP contribution in [0.5, 0.6) is 0 Å². The molecule has 0 radical (unpaired) electrons. The largest absolute Gasteiger partial charge is 0.451 e. The molecule has 1 aromatic rings. The molecule has 5 heteroatoms. The summed E-state index contributed by atoms with van der Waals surface area (Å²) in [4.78, 5) is 3.79. The molecule has 1 heterocycles. The number of halogens is 3. The zero-order chi connectivity index (χ0) is 10.7. The fraction of sp³-hybridized carbons (Fsp3) is 0.700. The van der Waals surface area contributed by atoms with Crippen LogP contribution in [-0.4, -0.2) is 4.98 Å². The molecular formula is C10H10F3NO. The SMILES string of the molecule is FC(F)(F)c1cnc(C23CCCC2C3)o1. The van der Waals surface area contributed by atoms with Gasteiger partial charge in [-0.25, -0.2) is 4.98 Å². The molecule has 2 nitrogen and oxygen atoms in total.